The molecule has 198 valence electrons. The number of hydrogen-bond acceptors (Lipinski definition) is 7. The van der Waals surface area contributed by atoms with Crippen molar-refractivity contribution in [3.8, 4) is 11.5 Å². The van der Waals surface area contributed by atoms with E-state index in [4.69, 9.17) is 9.47 Å². The minimum absolute atomic E-state index is 0.0248. The fraction of sp³-hybridized carbons (Fsp3) is 0.440. The summed E-state index contributed by atoms with van der Waals surface area (Å²) < 4.78 is 67.8. The van der Waals surface area contributed by atoms with Gasteiger partial charge in [-0.2, -0.15) is 8.61 Å². The molecule has 1 aliphatic rings. The molecule has 0 aromatic heterocycles. The van der Waals surface area contributed by atoms with Crippen LogP contribution >= 0.6 is 0 Å². The van der Waals surface area contributed by atoms with Gasteiger partial charge in [0.25, 0.3) is 0 Å². The maximum atomic E-state index is 13.5. The molecule has 2 aromatic carbocycles. The van der Waals surface area contributed by atoms with Gasteiger partial charge in [-0.15, -0.1) is 0 Å². The summed E-state index contributed by atoms with van der Waals surface area (Å²) in [7, 11) is -5.04. The highest BCUT2D eigenvalue weighted by Gasteiger charge is 2.39. The predicted octanol–water partition coefficient (Wildman–Crippen LogP) is 2.82. The number of hydrogen-bond donors (Lipinski definition) is 1. The van der Waals surface area contributed by atoms with Crippen molar-refractivity contribution in [1.82, 2.24) is 8.61 Å². The number of fused-ring (bicyclic) bond motifs is 1. The number of allylic oxidation sites excluding steroid dienone is 1. The third kappa shape index (κ3) is 5.60. The van der Waals surface area contributed by atoms with Crippen molar-refractivity contribution >= 4 is 26.1 Å². The van der Waals surface area contributed by atoms with E-state index in [0.29, 0.717) is 0 Å². The zero-order valence-electron chi connectivity index (χ0n) is 21.2. The molecule has 3 atom stereocenters. The molecule has 0 saturated heterocycles. The number of aliphatic hydroxyl groups is 1. The number of rotatable bonds is 8. The predicted molar refractivity (Wildman–Crippen MR) is 138 cm³/mol. The van der Waals surface area contributed by atoms with E-state index in [9.17, 15) is 21.9 Å². The molecule has 1 aliphatic heterocycles. The molecule has 0 fully saturated rings. The molecule has 9 nitrogen and oxygen atoms in total. The monoisotopic (exact) mass is 538 g/mol. The Morgan fingerprint density at radius 1 is 1.28 bits per heavy atom. The first-order valence-electron chi connectivity index (χ1n) is 11.6. The summed E-state index contributed by atoms with van der Waals surface area (Å²) >= 11 is 0. The van der Waals surface area contributed by atoms with Gasteiger partial charge in [-0.3, -0.25) is 0 Å². The topological polar surface area (TPSA) is 113 Å². The molecule has 0 saturated carbocycles. The highest BCUT2D eigenvalue weighted by atomic mass is 32.2. The van der Waals surface area contributed by atoms with Crippen LogP contribution in [0.15, 0.2) is 58.3 Å². The van der Waals surface area contributed by atoms with Crippen molar-refractivity contribution in [2.45, 2.75) is 42.7 Å². The summed E-state index contributed by atoms with van der Waals surface area (Å²) in [5.74, 6) is -0.0330. The van der Waals surface area contributed by atoms with Crippen molar-refractivity contribution in [3.63, 3.8) is 0 Å². The minimum Gasteiger partial charge on any atom is -0.495 e. The second-order valence-corrected chi connectivity index (χ2v) is 12.8. The van der Waals surface area contributed by atoms with E-state index in [-0.39, 0.29) is 41.0 Å². The Kier molecular flexibility index (Phi) is 8.84. The smallest absolute Gasteiger partial charge is 0.247 e. The second-order valence-electron chi connectivity index (χ2n) is 8.88. The SMILES string of the molecule is C/C=C/c1ccc2c(c1)O[C@@H](CN(C)S(=O)(=O)c1ccccc1OC)[C@H](C)CN([C@@H](C)CO)S2(=O)=O. The molecule has 1 heterocycles. The average molecular weight is 539 g/mol. The Bertz CT molecular complexity index is 1310. The Morgan fingerprint density at radius 2 is 1.97 bits per heavy atom. The molecule has 36 heavy (non-hydrogen) atoms. The van der Waals surface area contributed by atoms with Crippen LogP contribution in [0.25, 0.3) is 6.08 Å². The van der Waals surface area contributed by atoms with Crippen LogP contribution < -0.4 is 9.47 Å². The van der Waals surface area contributed by atoms with E-state index in [1.54, 1.807) is 37.3 Å². The molecule has 0 radical (unpaired) electrons. The number of nitrogens with zero attached hydrogens (tertiary/aromatic N) is 2. The Balaban J connectivity index is 2.06. The first-order valence-corrected chi connectivity index (χ1v) is 14.5. The summed E-state index contributed by atoms with van der Waals surface area (Å²) in [6.45, 7) is 4.95. The first-order chi connectivity index (χ1) is 17.0. The molecule has 0 bridgehead atoms. The van der Waals surface area contributed by atoms with Crippen LogP contribution in [0.3, 0.4) is 0 Å². The fourth-order valence-corrected chi connectivity index (χ4v) is 7.27. The second kappa shape index (κ2) is 11.3. The van der Waals surface area contributed by atoms with E-state index >= 15 is 0 Å². The maximum absolute atomic E-state index is 13.5. The third-order valence-corrected chi connectivity index (χ3v) is 10.1. The minimum atomic E-state index is -3.98. The Hall–Kier alpha value is -2.44. The highest BCUT2D eigenvalue weighted by molar-refractivity contribution is 7.89. The van der Waals surface area contributed by atoms with Gasteiger partial charge < -0.3 is 14.6 Å². The molecule has 0 spiro atoms. The summed E-state index contributed by atoms with van der Waals surface area (Å²) in [5.41, 5.74) is 0.746. The maximum Gasteiger partial charge on any atom is 0.247 e. The van der Waals surface area contributed by atoms with Crippen LogP contribution in [-0.4, -0.2) is 76.6 Å². The first kappa shape index (κ1) is 28.1. The molecule has 3 rings (SSSR count). The average Bonchev–Trinajstić information content (AvgIpc) is 2.85. The standard InChI is InChI=1S/C25H34N2O7S2/c1-6-9-20-12-13-25-22(14-20)34-23(18(2)15-27(19(3)17-28)36(25,31)32)16-26(4)35(29,30)24-11-8-7-10-21(24)33-5/h6-14,18-19,23,28H,15-17H2,1-5H3/b9-6+/t18-,19+,23+/m1/s1. The van der Waals surface area contributed by atoms with E-state index < -0.39 is 38.1 Å². The lowest BCUT2D eigenvalue weighted by Crippen LogP contribution is -2.50. The largest absolute Gasteiger partial charge is 0.495 e. The Labute approximate surface area is 214 Å². The molecule has 0 unspecified atom stereocenters. The van der Waals surface area contributed by atoms with Crippen LogP contribution in [-0.2, 0) is 20.0 Å². The number of benzene rings is 2. The van der Waals surface area contributed by atoms with Gasteiger partial charge in [0.1, 0.15) is 27.4 Å². The number of para-hydroxylation sites is 1. The van der Waals surface area contributed by atoms with Crippen molar-refractivity contribution in [1.29, 1.82) is 0 Å². The number of methoxy groups -OCH3 is 1. The number of sulfonamides is 2. The normalized spacial score (nSPS) is 21.4. The van der Waals surface area contributed by atoms with Crippen LogP contribution in [0.5, 0.6) is 11.5 Å². The molecule has 0 amide bonds. The van der Waals surface area contributed by atoms with E-state index in [1.807, 2.05) is 26.0 Å². The van der Waals surface area contributed by atoms with Crippen molar-refractivity contribution in [3.05, 3.63) is 54.1 Å². The number of aliphatic hydroxyl groups excluding tert-OH is 1. The van der Waals surface area contributed by atoms with Crippen molar-refractivity contribution < 1.29 is 31.4 Å². The fourth-order valence-electron chi connectivity index (χ4n) is 4.11. The third-order valence-electron chi connectivity index (χ3n) is 6.24. The van der Waals surface area contributed by atoms with Crippen LogP contribution in [0.1, 0.15) is 26.3 Å². The van der Waals surface area contributed by atoms with Gasteiger partial charge in [-0.1, -0.05) is 37.3 Å². The molecular weight excluding hydrogens is 504 g/mol. The summed E-state index contributed by atoms with van der Waals surface area (Å²) in [5, 5.41) is 9.78. The van der Waals surface area contributed by atoms with Gasteiger partial charge in [0.2, 0.25) is 20.0 Å². The molecular formula is C25H34N2O7S2. The summed E-state index contributed by atoms with van der Waals surface area (Å²) in [6.07, 6.45) is 2.97. The lowest BCUT2D eigenvalue weighted by Gasteiger charge is -2.37. The van der Waals surface area contributed by atoms with Crippen molar-refractivity contribution in [2.24, 2.45) is 5.92 Å². The zero-order chi connectivity index (χ0) is 26.7. The van der Waals surface area contributed by atoms with Crippen LogP contribution in [0, 0.1) is 5.92 Å². The van der Waals surface area contributed by atoms with Gasteiger partial charge in [0.15, 0.2) is 0 Å². The van der Waals surface area contributed by atoms with Crippen LogP contribution in [0.2, 0.25) is 0 Å². The van der Waals surface area contributed by atoms with E-state index in [0.717, 1.165) is 5.56 Å². The van der Waals surface area contributed by atoms with Gasteiger partial charge in [0.05, 0.1) is 20.3 Å². The lowest BCUT2D eigenvalue weighted by molar-refractivity contribution is 0.0904. The van der Waals surface area contributed by atoms with Gasteiger partial charge >= 0.3 is 0 Å². The summed E-state index contributed by atoms with van der Waals surface area (Å²) in [4.78, 5) is 0.00515. The highest BCUT2D eigenvalue weighted by Crippen LogP contribution is 2.35. The zero-order valence-corrected chi connectivity index (χ0v) is 22.8. The van der Waals surface area contributed by atoms with Gasteiger partial charge in [-0.05, 0) is 43.7 Å². The molecule has 11 heteroatoms. The molecule has 1 N–H and O–H groups in total. The van der Waals surface area contributed by atoms with E-state index in [1.165, 1.54) is 34.9 Å². The quantitative estimate of drug-likeness (QED) is 0.550. The lowest BCUT2D eigenvalue weighted by atomic mass is 10.0. The summed E-state index contributed by atoms with van der Waals surface area (Å²) in [6, 6.07) is 10.5. The number of ether oxygens (including phenoxy) is 2. The van der Waals surface area contributed by atoms with Crippen molar-refractivity contribution in [2.75, 3.05) is 33.9 Å². The number of likely N-dealkylation sites (N-methyl/N-ethyl adjacent to an activating group) is 1. The van der Waals surface area contributed by atoms with E-state index in [2.05, 4.69) is 0 Å². The van der Waals surface area contributed by atoms with Gasteiger partial charge in [-0.25, -0.2) is 16.8 Å². The molecule has 0 aliphatic carbocycles. The van der Waals surface area contributed by atoms with Crippen LogP contribution in [0.4, 0.5) is 0 Å². The Morgan fingerprint density at radius 3 is 2.61 bits per heavy atom. The molecule has 2 aromatic rings. The van der Waals surface area contributed by atoms with Gasteiger partial charge in [0, 0.05) is 25.6 Å².